The van der Waals surface area contributed by atoms with Crippen LogP contribution in [0.2, 0.25) is 0 Å². The fraction of sp³-hybridized carbons (Fsp3) is 0.500. The Morgan fingerprint density at radius 2 is 2.12 bits per heavy atom. The quantitative estimate of drug-likeness (QED) is 0.268. The Kier molecular flexibility index (Phi) is 2.82. The van der Waals surface area contributed by atoms with E-state index in [0.29, 0.717) is 11.8 Å². The molecule has 2 nitrogen and oxygen atoms in total. The normalized spacial score (nSPS) is 8.38. The van der Waals surface area contributed by atoms with E-state index in [1.54, 1.807) is 0 Å². The zero-order valence-corrected chi connectivity index (χ0v) is 5.39. The van der Waals surface area contributed by atoms with E-state index in [1.165, 1.54) is 0 Å². The summed E-state index contributed by atoms with van der Waals surface area (Å²) in [5, 5.41) is 0. The summed E-state index contributed by atoms with van der Waals surface area (Å²) in [7, 11) is 0. The molecule has 0 aliphatic heterocycles. The maximum atomic E-state index is 3.64. The largest absolute Gasteiger partial charge is 0.390 e. The van der Waals surface area contributed by atoms with E-state index < -0.39 is 0 Å². The van der Waals surface area contributed by atoms with E-state index in [-0.39, 0.29) is 0 Å². The van der Waals surface area contributed by atoms with Crippen LogP contribution in [0.15, 0.2) is 4.99 Å². The molecule has 0 heterocycles. The Bertz CT molecular complexity index is 129. The minimum absolute atomic E-state index is 0.338. The first-order valence-corrected chi connectivity index (χ1v) is 2.52. The minimum Gasteiger partial charge on any atom is -0.220 e. The summed E-state index contributed by atoms with van der Waals surface area (Å²) in [4.78, 5) is 3.64. The Balaban J connectivity index is 4.13. The molecule has 0 unspecified atom stereocenters. The minimum atomic E-state index is 0.338. The predicted octanol–water partition coefficient (Wildman–Crippen LogP) is 0.509. The molecule has 0 spiro atoms. The molecule has 0 saturated carbocycles. The third-order valence-corrected chi connectivity index (χ3v) is 0.840. The number of amidine groups is 1. The van der Waals surface area contributed by atoms with Crippen LogP contribution in [-0.2, 0) is 0 Å². The van der Waals surface area contributed by atoms with Crippen LogP contribution in [0.4, 0.5) is 0 Å². The molecule has 0 aromatic carbocycles. The van der Waals surface area contributed by atoms with Crippen molar-refractivity contribution in [3.05, 3.63) is 0 Å². The number of hydrogen-bond donors (Lipinski definition) is 0. The molecule has 0 radical (unpaired) electrons. The van der Waals surface area contributed by atoms with Gasteiger partial charge in [-0.1, -0.05) is 0 Å². The van der Waals surface area contributed by atoms with Crippen LogP contribution in [0.5, 0.6) is 0 Å². The molecule has 0 fully saturated rings. The first kappa shape index (κ1) is 7.12. The highest BCUT2D eigenvalue weighted by Gasteiger charge is 2.09. The van der Waals surface area contributed by atoms with Gasteiger partial charge in [0.15, 0.2) is 6.72 Å². The van der Waals surface area contributed by atoms with Crippen molar-refractivity contribution in [1.82, 2.24) is 4.67 Å². The molecule has 0 N–H and O–H groups in total. The second kappa shape index (κ2) is 3.16. The van der Waals surface area contributed by atoms with Crippen molar-refractivity contribution in [1.29, 1.82) is 0 Å². The molecule has 0 amide bonds. The Hall–Kier alpha value is -0.880. The summed E-state index contributed by atoms with van der Waals surface area (Å²) >= 11 is 0. The summed E-state index contributed by atoms with van der Waals surface area (Å²) in [6.07, 6.45) is 0. The van der Waals surface area contributed by atoms with Gasteiger partial charge in [0, 0.05) is 0 Å². The Morgan fingerprint density at radius 3 is 2.12 bits per heavy atom. The molecule has 44 valence electrons. The second-order valence-electron chi connectivity index (χ2n) is 1.83. The SMILES string of the molecule is C=NC(=[N+]=C)C(C)C. The van der Waals surface area contributed by atoms with Gasteiger partial charge in [-0.3, -0.25) is 0 Å². The average Bonchev–Trinajstić information content (AvgIpc) is 1.69. The topological polar surface area (TPSA) is 26.5 Å². The van der Waals surface area contributed by atoms with E-state index >= 15 is 0 Å². The maximum absolute atomic E-state index is 3.64. The van der Waals surface area contributed by atoms with Gasteiger partial charge in [0.05, 0.1) is 5.92 Å². The summed E-state index contributed by atoms with van der Waals surface area (Å²) in [6, 6.07) is 0. The molecule has 2 heteroatoms. The highest BCUT2D eigenvalue weighted by atomic mass is 14.8. The first-order chi connectivity index (χ1) is 3.72. The van der Waals surface area contributed by atoms with Crippen LogP contribution in [0, 0.1) is 5.92 Å². The van der Waals surface area contributed by atoms with E-state index in [9.17, 15) is 0 Å². The smallest absolute Gasteiger partial charge is 0.220 e. The van der Waals surface area contributed by atoms with Crippen molar-refractivity contribution in [2.75, 3.05) is 0 Å². The van der Waals surface area contributed by atoms with Crippen molar-refractivity contribution < 1.29 is 0 Å². The van der Waals surface area contributed by atoms with E-state index in [0.717, 1.165) is 0 Å². The fourth-order valence-corrected chi connectivity index (χ4v) is 0.415. The average molecular weight is 111 g/mol. The van der Waals surface area contributed by atoms with Crippen molar-refractivity contribution in [2.24, 2.45) is 10.9 Å². The summed E-state index contributed by atoms with van der Waals surface area (Å²) < 4.78 is 3.64. The van der Waals surface area contributed by atoms with Gasteiger partial charge >= 0.3 is 5.84 Å². The first-order valence-electron chi connectivity index (χ1n) is 2.52. The number of nitrogens with zero attached hydrogens (tertiary/aromatic N) is 2. The molecule has 0 aliphatic rings. The molecule has 0 atom stereocenters. The molecule has 0 aromatic rings. The Labute approximate surface area is 49.7 Å². The monoisotopic (exact) mass is 111 g/mol. The summed E-state index contributed by atoms with van der Waals surface area (Å²) in [6.45, 7) is 10.7. The summed E-state index contributed by atoms with van der Waals surface area (Å²) in [5.41, 5.74) is 0. The van der Waals surface area contributed by atoms with Crippen molar-refractivity contribution in [3.8, 4) is 0 Å². The zero-order chi connectivity index (χ0) is 6.57. The van der Waals surface area contributed by atoms with Crippen LogP contribution >= 0.6 is 0 Å². The number of aliphatic imine (C=N–C) groups is 1. The van der Waals surface area contributed by atoms with Crippen molar-refractivity contribution >= 4 is 19.3 Å². The third kappa shape index (κ3) is 1.71. The molecule has 8 heavy (non-hydrogen) atoms. The number of hydrogen-bond acceptors (Lipinski definition) is 0. The highest BCUT2D eigenvalue weighted by molar-refractivity contribution is 5.87. The lowest BCUT2D eigenvalue weighted by molar-refractivity contribution is 0.874. The lowest BCUT2D eigenvalue weighted by Crippen LogP contribution is -2.05. The van der Waals surface area contributed by atoms with Gasteiger partial charge in [-0.05, 0) is 18.8 Å². The van der Waals surface area contributed by atoms with Gasteiger partial charge < -0.3 is 0 Å². The molecule has 0 aliphatic carbocycles. The molecule has 0 saturated heterocycles. The van der Waals surface area contributed by atoms with Gasteiger partial charge in [0.2, 0.25) is 0 Å². The van der Waals surface area contributed by atoms with Crippen LogP contribution in [-0.4, -0.2) is 19.3 Å². The van der Waals surface area contributed by atoms with Gasteiger partial charge in [0.1, 0.15) is 6.72 Å². The van der Waals surface area contributed by atoms with E-state index in [1.807, 2.05) is 13.8 Å². The Morgan fingerprint density at radius 1 is 1.62 bits per heavy atom. The van der Waals surface area contributed by atoms with Crippen molar-refractivity contribution in [2.45, 2.75) is 13.8 Å². The van der Waals surface area contributed by atoms with Crippen LogP contribution in [0.3, 0.4) is 0 Å². The van der Waals surface area contributed by atoms with Gasteiger partial charge in [0.25, 0.3) is 0 Å². The molecular formula is C6H11N2+. The fourth-order valence-electron chi connectivity index (χ4n) is 0.415. The van der Waals surface area contributed by atoms with Gasteiger partial charge in [-0.2, -0.15) is 0 Å². The second-order valence-corrected chi connectivity index (χ2v) is 1.83. The molecule has 0 bridgehead atoms. The lowest BCUT2D eigenvalue weighted by Gasteiger charge is -1.85. The van der Waals surface area contributed by atoms with Gasteiger partial charge in [-0.25, -0.2) is 4.67 Å². The standard InChI is InChI=1S/C6H11N2/c1-5(2)6(7-3)8-4/h5H,3-4H2,1-2H3/q+1. The lowest BCUT2D eigenvalue weighted by atomic mass is 10.2. The zero-order valence-electron chi connectivity index (χ0n) is 5.39. The van der Waals surface area contributed by atoms with E-state index in [2.05, 4.69) is 23.1 Å². The molecule has 0 aromatic heterocycles. The van der Waals surface area contributed by atoms with Crippen LogP contribution in [0.1, 0.15) is 13.8 Å². The predicted molar refractivity (Wildman–Crippen MR) is 38.6 cm³/mol. The van der Waals surface area contributed by atoms with Gasteiger partial charge in [-0.15, -0.1) is 0 Å². The number of rotatable bonds is 1. The van der Waals surface area contributed by atoms with Crippen molar-refractivity contribution in [3.63, 3.8) is 0 Å². The van der Waals surface area contributed by atoms with Crippen LogP contribution < -0.4 is 4.67 Å². The molecule has 0 rings (SSSR count). The maximum Gasteiger partial charge on any atom is 0.390 e. The third-order valence-electron chi connectivity index (χ3n) is 0.840. The van der Waals surface area contributed by atoms with E-state index in [4.69, 9.17) is 0 Å². The summed E-state index contributed by atoms with van der Waals surface area (Å²) in [5.74, 6) is 1.05. The molecular weight excluding hydrogens is 100 g/mol. The highest BCUT2D eigenvalue weighted by Crippen LogP contribution is 1.91. The van der Waals surface area contributed by atoms with Crippen LogP contribution in [0.25, 0.3) is 0 Å².